The highest BCUT2D eigenvalue weighted by Crippen LogP contribution is 2.35. The van der Waals surface area contributed by atoms with E-state index in [1.165, 1.54) is 19.3 Å². The van der Waals surface area contributed by atoms with E-state index in [0.29, 0.717) is 19.1 Å². The van der Waals surface area contributed by atoms with Gasteiger partial charge in [0.15, 0.2) is 0 Å². The van der Waals surface area contributed by atoms with E-state index in [4.69, 9.17) is 4.74 Å². The molecule has 0 amide bonds. The smallest absolute Gasteiger partial charge is 0.323 e. The third kappa shape index (κ3) is 4.19. The lowest BCUT2D eigenvalue weighted by Crippen LogP contribution is -2.56. The Morgan fingerprint density at radius 1 is 1.24 bits per heavy atom. The highest BCUT2D eigenvalue weighted by molar-refractivity contribution is 5.79. The van der Waals surface area contributed by atoms with Crippen molar-refractivity contribution in [1.82, 2.24) is 5.32 Å². The molecule has 4 nitrogen and oxygen atoms in total. The van der Waals surface area contributed by atoms with Crippen LogP contribution in [0.4, 0.5) is 0 Å². The summed E-state index contributed by atoms with van der Waals surface area (Å²) in [7, 11) is 0. The molecule has 0 radical (unpaired) electrons. The van der Waals surface area contributed by atoms with Crippen LogP contribution in [0.15, 0.2) is 0 Å². The van der Waals surface area contributed by atoms with Gasteiger partial charge in [-0.05, 0) is 44.6 Å². The molecule has 4 unspecified atom stereocenters. The summed E-state index contributed by atoms with van der Waals surface area (Å²) in [4.78, 5) is 11.7. The van der Waals surface area contributed by atoms with E-state index in [0.717, 1.165) is 38.0 Å². The summed E-state index contributed by atoms with van der Waals surface area (Å²) in [6.07, 6.45) is 9.87. The molecule has 4 heteroatoms. The fraction of sp³-hybridized carbons (Fsp3) is 0.941. The van der Waals surface area contributed by atoms with Crippen LogP contribution >= 0.6 is 0 Å². The first kappa shape index (κ1) is 16.8. The number of hydrogen-bond acceptors (Lipinski definition) is 3. The highest BCUT2D eigenvalue weighted by atomic mass is 16.5. The second kappa shape index (κ2) is 7.59. The molecule has 122 valence electrons. The number of carboxylic acids is 1. The van der Waals surface area contributed by atoms with Crippen molar-refractivity contribution in [2.24, 2.45) is 5.92 Å². The largest absolute Gasteiger partial charge is 0.480 e. The monoisotopic (exact) mass is 297 g/mol. The van der Waals surface area contributed by atoms with Gasteiger partial charge in [-0.3, -0.25) is 4.79 Å². The lowest BCUT2D eigenvalue weighted by molar-refractivity contribution is -0.151. The van der Waals surface area contributed by atoms with Gasteiger partial charge in [0.25, 0.3) is 0 Å². The van der Waals surface area contributed by atoms with Crippen LogP contribution in [0, 0.1) is 5.92 Å². The maximum atomic E-state index is 11.7. The van der Waals surface area contributed by atoms with Gasteiger partial charge in [-0.1, -0.05) is 33.1 Å². The number of nitrogens with one attached hydrogen (secondary N) is 1. The van der Waals surface area contributed by atoms with E-state index in [2.05, 4.69) is 12.2 Å². The van der Waals surface area contributed by atoms with Gasteiger partial charge in [-0.25, -0.2) is 0 Å². The topological polar surface area (TPSA) is 58.6 Å². The van der Waals surface area contributed by atoms with Crippen molar-refractivity contribution < 1.29 is 14.6 Å². The Hall–Kier alpha value is -0.610. The third-order valence-electron chi connectivity index (χ3n) is 5.33. The Kier molecular flexibility index (Phi) is 6.06. The molecular weight excluding hydrogens is 266 g/mol. The van der Waals surface area contributed by atoms with Crippen LogP contribution in [0.3, 0.4) is 0 Å². The van der Waals surface area contributed by atoms with E-state index in [-0.39, 0.29) is 6.10 Å². The van der Waals surface area contributed by atoms with Crippen LogP contribution in [0.2, 0.25) is 0 Å². The van der Waals surface area contributed by atoms with Gasteiger partial charge in [0.05, 0.1) is 12.2 Å². The second-order valence-electron chi connectivity index (χ2n) is 6.83. The van der Waals surface area contributed by atoms with Crippen molar-refractivity contribution in [2.45, 2.75) is 89.4 Å². The zero-order valence-electron chi connectivity index (χ0n) is 13.6. The molecule has 2 aliphatic rings. The van der Waals surface area contributed by atoms with Gasteiger partial charge in [0, 0.05) is 6.42 Å². The minimum absolute atomic E-state index is 0.106. The van der Waals surface area contributed by atoms with Crippen molar-refractivity contribution in [2.75, 3.05) is 6.54 Å². The van der Waals surface area contributed by atoms with Gasteiger partial charge >= 0.3 is 5.97 Å². The van der Waals surface area contributed by atoms with Crippen LogP contribution in [-0.2, 0) is 9.53 Å². The minimum atomic E-state index is -0.767. The average Bonchev–Trinajstić information content (AvgIpc) is 2.48. The molecule has 2 fully saturated rings. The van der Waals surface area contributed by atoms with Crippen molar-refractivity contribution in [3.63, 3.8) is 0 Å². The molecule has 2 aliphatic carbocycles. The minimum Gasteiger partial charge on any atom is -0.480 e. The number of carboxylic acid groups (broad SMARTS) is 1. The van der Waals surface area contributed by atoms with Crippen LogP contribution in [0.25, 0.3) is 0 Å². The summed E-state index contributed by atoms with van der Waals surface area (Å²) in [6.45, 7) is 4.93. The average molecular weight is 297 g/mol. The molecule has 4 atom stereocenters. The number of carbonyl (C=O) groups is 1. The Morgan fingerprint density at radius 2 is 2.00 bits per heavy atom. The van der Waals surface area contributed by atoms with E-state index in [1.807, 2.05) is 6.92 Å². The lowest BCUT2D eigenvalue weighted by Gasteiger charge is -2.40. The zero-order valence-corrected chi connectivity index (χ0v) is 13.6. The van der Waals surface area contributed by atoms with Gasteiger partial charge in [0.2, 0.25) is 0 Å². The summed E-state index contributed by atoms with van der Waals surface area (Å²) in [6, 6.07) is 0. The second-order valence-corrected chi connectivity index (χ2v) is 6.83. The molecule has 0 aromatic carbocycles. The van der Waals surface area contributed by atoms with Gasteiger partial charge in [-0.15, -0.1) is 0 Å². The first-order valence-electron chi connectivity index (χ1n) is 8.73. The molecule has 0 aromatic heterocycles. The zero-order chi connectivity index (χ0) is 15.3. The van der Waals surface area contributed by atoms with Crippen molar-refractivity contribution in [3.05, 3.63) is 0 Å². The molecule has 0 spiro atoms. The molecule has 2 saturated carbocycles. The van der Waals surface area contributed by atoms with Gasteiger partial charge < -0.3 is 15.2 Å². The maximum absolute atomic E-state index is 11.7. The summed E-state index contributed by atoms with van der Waals surface area (Å²) in [5.41, 5.74) is -0.767. The van der Waals surface area contributed by atoms with Gasteiger partial charge in [-0.2, -0.15) is 0 Å². The SMILES string of the molecule is CCNC1(C(=O)O)CCCC(OC2CCCC(CC)C2)C1. The van der Waals surface area contributed by atoms with Crippen molar-refractivity contribution >= 4 is 5.97 Å². The Bertz CT molecular complexity index is 343. The van der Waals surface area contributed by atoms with Crippen LogP contribution < -0.4 is 5.32 Å². The molecule has 0 saturated heterocycles. The number of ether oxygens (including phenoxy) is 1. The van der Waals surface area contributed by atoms with E-state index < -0.39 is 11.5 Å². The van der Waals surface area contributed by atoms with Crippen molar-refractivity contribution in [1.29, 1.82) is 0 Å². The predicted molar refractivity (Wildman–Crippen MR) is 83.4 cm³/mol. The molecule has 21 heavy (non-hydrogen) atoms. The van der Waals surface area contributed by atoms with E-state index in [1.54, 1.807) is 0 Å². The van der Waals surface area contributed by atoms with E-state index in [9.17, 15) is 9.90 Å². The van der Waals surface area contributed by atoms with Crippen LogP contribution in [0.5, 0.6) is 0 Å². The quantitative estimate of drug-likeness (QED) is 0.789. The maximum Gasteiger partial charge on any atom is 0.323 e. The fourth-order valence-corrected chi connectivity index (χ4v) is 4.12. The first-order valence-corrected chi connectivity index (χ1v) is 8.73. The number of aliphatic carboxylic acids is 1. The van der Waals surface area contributed by atoms with Crippen LogP contribution in [-0.4, -0.2) is 35.4 Å². The molecule has 0 aliphatic heterocycles. The molecule has 0 heterocycles. The predicted octanol–water partition coefficient (Wildman–Crippen LogP) is 3.35. The molecule has 2 N–H and O–H groups in total. The molecule has 0 aromatic rings. The fourth-order valence-electron chi connectivity index (χ4n) is 4.12. The number of likely N-dealkylation sites (N-methyl/N-ethyl adjacent to an activating group) is 1. The van der Waals surface area contributed by atoms with Crippen molar-refractivity contribution in [3.8, 4) is 0 Å². The van der Waals surface area contributed by atoms with Gasteiger partial charge in [0.1, 0.15) is 5.54 Å². The Morgan fingerprint density at radius 3 is 2.67 bits per heavy atom. The van der Waals surface area contributed by atoms with E-state index >= 15 is 0 Å². The Balaban J connectivity index is 1.92. The van der Waals surface area contributed by atoms with Crippen LogP contribution in [0.1, 0.15) is 71.6 Å². The highest BCUT2D eigenvalue weighted by Gasteiger charge is 2.43. The first-order chi connectivity index (χ1) is 10.1. The number of hydrogen-bond donors (Lipinski definition) is 2. The number of rotatable bonds is 6. The summed E-state index contributed by atoms with van der Waals surface area (Å²) < 4.78 is 6.31. The molecule has 0 bridgehead atoms. The normalized spacial score (nSPS) is 37.3. The summed E-state index contributed by atoms with van der Waals surface area (Å²) in [5, 5.41) is 12.8. The third-order valence-corrected chi connectivity index (χ3v) is 5.33. The standard InChI is InChI=1S/C17H31NO3/c1-3-13-7-5-8-14(11-13)21-15-9-6-10-17(12-15,16(19)20)18-4-2/h13-15,18H,3-12H2,1-2H3,(H,19,20). The molecule has 2 rings (SSSR count). The Labute approximate surface area is 128 Å². The summed E-state index contributed by atoms with van der Waals surface area (Å²) >= 11 is 0. The summed E-state index contributed by atoms with van der Waals surface area (Å²) in [5.74, 6) is 0.0815. The molecular formula is C17H31NO3. The lowest BCUT2D eigenvalue weighted by atomic mass is 9.79.